The number of aromatic nitrogens is 1. The summed E-state index contributed by atoms with van der Waals surface area (Å²) in [5.74, 6) is -1.41. The van der Waals surface area contributed by atoms with Gasteiger partial charge in [0, 0.05) is 41.9 Å². The molecule has 30 heavy (non-hydrogen) atoms. The Kier molecular flexibility index (Phi) is 5.95. The third-order valence-corrected chi connectivity index (χ3v) is 5.38. The van der Waals surface area contributed by atoms with E-state index < -0.39 is 11.8 Å². The van der Waals surface area contributed by atoms with Gasteiger partial charge >= 0.3 is 11.8 Å². The van der Waals surface area contributed by atoms with Gasteiger partial charge in [0.2, 0.25) is 0 Å². The number of benzene rings is 2. The summed E-state index contributed by atoms with van der Waals surface area (Å²) in [6, 6.07) is 18.6. The van der Waals surface area contributed by atoms with Gasteiger partial charge in [0.25, 0.3) is 0 Å². The van der Waals surface area contributed by atoms with Gasteiger partial charge in [-0.05, 0) is 53.9 Å². The number of carbonyl (C=O) groups excluding carboxylic acids is 2. The van der Waals surface area contributed by atoms with Crippen LogP contribution in [-0.4, -0.2) is 29.9 Å². The molecule has 0 saturated heterocycles. The van der Waals surface area contributed by atoms with Crippen LogP contribution in [0.2, 0.25) is 5.02 Å². The molecule has 0 bridgehead atoms. The van der Waals surface area contributed by atoms with Gasteiger partial charge in [-0.3, -0.25) is 14.6 Å². The minimum atomic E-state index is -0.718. The number of rotatable bonds is 5. The van der Waals surface area contributed by atoms with Crippen molar-refractivity contribution in [1.29, 1.82) is 0 Å². The van der Waals surface area contributed by atoms with E-state index in [0.29, 0.717) is 10.7 Å². The molecule has 7 heteroatoms. The van der Waals surface area contributed by atoms with Crippen molar-refractivity contribution in [1.82, 2.24) is 10.3 Å². The highest BCUT2D eigenvalue weighted by molar-refractivity contribution is 6.39. The van der Waals surface area contributed by atoms with E-state index in [0.717, 1.165) is 24.2 Å². The van der Waals surface area contributed by atoms with Gasteiger partial charge in [-0.15, -0.1) is 0 Å². The number of amides is 2. The van der Waals surface area contributed by atoms with Crippen molar-refractivity contribution in [2.75, 3.05) is 23.3 Å². The number of pyridine rings is 1. The first-order chi connectivity index (χ1) is 14.6. The average molecular weight is 421 g/mol. The SMILES string of the molecule is O=C(NC[C@@H](c1cccnc1)N1CCc2ccccc21)C(=O)Nc1ccc(Cl)cc1. The quantitative estimate of drug-likeness (QED) is 0.618. The highest BCUT2D eigenvalue weighted by Crippen LogP contribution is 2.34. The predicted octanol–water partition coefficient (Wildman–Crippen LogP) is 3.59. The molecule has 0 spiro atoms. The number of hydrogen-bond acceptors (Lipinski definition) is 4. The zero-order valence-corrected chi connectivity index (χ0v) is 17.0. The van der Waals surface area contributed by atoms with Gasteiger partial charge in [-0.2, -0.15) is 0 Å². The summed E-state index contributed by atoms with van der Waals surface area (Å²) in [5.41, 5.74) is 3.91. The second kappa shape index (κ2) is 8.97. The Hall–Kier alpha value is -3.38. The van der Waals surface area contributed by atoms with Crippen molar-refractivity contribution >= 4 is 34.8 Å². The number of nitrogens with zero attached hydrogens (tertiary/aromatic N) is 2. The molecule has 152 valence electrons. The second-order valence-electron chi connectivity index (χ2n) is 7.05. The molecule has 6 nitrogen and oxygen atoms in total. The smallest absolute Gasteiger partial charge is 0.313 e. The van der Waals surface area contributed by atoms with Crippen LogP contribution >= 0.6 is 11.6 Å². The van der Waals surface area contributed by atoms with E-state index in [9.17, 15) is 9.59 Å². The van der Waals surface area contributed by atoms with Gasteiger partial charge in [0.05, 0.1) is 6.04 Å². The van der Waals surface area contributed by atoms with Crippen LogP contribution in [0.15, 0.2) is 73.1 Å². The van der Waals surface area contributed by atoms with Gasteiger partial charge in [-0.1, -0.05) is 35.9 Å². The topological polar surface area (TPSA) is 74.3 Å². The average Bonchev–Trinajstić information content (AvgIpc) is 3.20. The number of halogens is 1. The van der Waals surface area contributed by atoms with Crippen molar-refractivity contribution in [2.24, 2.45) is 0 Å². The molecule has 2 aromatic carbocycles. The van der Waals surface area contributed by atoms with Crippen LogP contribution in [0.5, 0.6) is 0 Å². The lowest BCUT2D eigenvalue weighted by Crippen LogP contribution is -2.41. The number of hydrogen-bond donors (Lipinski definition) is 2. The summed E-state index contributed by atoms with van der Waals surface area (Å²) in [4.78, 5) is 31.2. The van der Waals surface area contributed by atoms with Crippen molar-refractivity contribution in [3.8, 4) is 0 Å². The summed E-state index contributed by atoms with van der Waals surface area (Å²) in [6.45, 7) is 1.12. The molecule has 2 amide bonds. The van der Waals surface area contributed by atoms with Crippen LogP contribution in [0.3, 0.4) is 0 Å². The molecule has 0 saturated carbocycles. The summed E-state index contributed by atoms with van der Waals surface area (Å²) in [7, 11) is 0. The Morgan fingerprint density at radius 1 is 1.03 bits per heavy atom. The molecule has 0 radical (unpaired) electrons. The minimum Gasteiger partial charge on any atom is -0.362 e. The molecular weight excluding hydrogens is 400 g/mol. The number of fused-ring (bicyclic) bond motifs is 1. The van der Waals surface area contributed by atoms with E-state index in [4.69, 9.17) is 11.6 Å². The number of anilines is 2. The maximum absolute atomic E-state index is 12.4. The molecule has 1 aliphatic heterocycles. The lowest BCUT2D eigenvalue weighted by Gasteiger charge is -2.30. The van der Waals surface area contributed by atoms with Crippen LogP contribution in [0.4, 0.5) is 11.4 Å². The van der Waals surface area contributed by atoms with Crippen LogP contribution in [0.1, 0.15) is 17.2 Å². The molecule has 0 fully saturated rings. The third-order valence-electron chi connectivity index (χ3n) is 5.13. The molecule has 1 aliphatic rings. The molecule has 0 unspecified atom stereocenters. The highest BCUT2D eigenvalue weighted by atomic mass is 35.5. The Morgan fingerprint density at radius 3 is 2.60 bits per heavy atom. The van der Waals surface area contributed by atoms with Gasteiger partial charge in [-0.25, -0.2) is 0 Å². The van der Waals surface area contributed by atoms with E-state index in [-0.39, 0.29) is 12.6 Å². The Bertz CT molecular complexity index is 1040. The van der Waals surface area contributed by atoms with E-state index in [1.165, 1.54) is 5.56 Å². The number of para-hydroxylation sites is 1. The first kappa shape index (κ1) is 19.9. The van der Waals surface area contributed by atoms with Gasteiger partial charge in [0.15, 0.2) is 0 Å². The normalized spacial score (nSPS) is 13.4. The Morgan fingerprint density at radius 2 is 1.83 bits per heavy atom. The zero-order chi connectivity index (χ0) is 20.9. The fourth-order valence-electron chi connectivity index (χ4n) is 3.66. The number of nitrogens with one attached hydrogen (secondary N) is 2. The third kappa shape index (κ3) is 4.44. The molecule has 0 aliphatic carbocycles. The predicted molar refractivity (Wildman–Crippen MR) is 118 cm³/mol. The first-order valence-corrected chi connectivity index (χ1v) is 10.1. The maximum atomic E-state index is 12.4. The van der Waals surface area contributed by atoms with Crippen LogP contribution in [0.25, 0.3) is 0 Å². The fourth-order valence-corrected chi connectivity index (χ4v) is 3.79. The fraction of sp³-hybridized carbons (Fsp3) is 0.174. The summed E-state index contributed by atoms with van der Waals surface area (Å²) in [6.07, 6.45) is 4.46. The second-order valence-corrected chi connectivity index (χ2v) is 7.48. The summed E-state index contributed by atoms with van der Waals surface area (Å²) < 4.78 is 0. The molecule has 1 aromatic heterocycles. The molecule has 4 rings (SSSR count). The van der Waals surface area contributed by atoms with E-state index in [1.807, 2.05) is 24.3 Å². The van der Waals surface area contributed by atoms with Crippen LogP contribution in [-0.2, 0) is 16.0 Å². The van der Waals surface area contributed by atoms with E-state index in [2.05, 4.69) is 32.7 Å². The standard InChI is InChI=1S/C23H21ClN4O2/c24-18-7-9-19(10-8-18)27-23(30)22(29)26-15-21(17-5-3-12-25-14-17)28-13-11-16-4-1-2-6-20(16)28/h1-10,12,14,21H,11,13,15H2,(H,26,29)(H,27,30)/t21-/m0/s1. The molecule has 2 N–H and O–H groups in total. The zero-order valence-electron chi connectivity index (χ0n) is 16.2. The minimum absolute atomic E-state index is 0.130. The first-order valence-electron chi connectivity index (χ1n) is 9.71. The van der Waals surface area contributed by atoms with Gasteiger partial charge in [0.1, 0.15) is 0 Å². The molecule has 1 atom stereocenters. The van der Waals surface area contributed by atoms with Crippen LogP contribution in [0, 0.1) is 0 Å². The van der Waals surface area contributed by atoms with Crippen molar-refractivity contribution < 1.29 is 9.59 Å². The van der Waals surface area contributed by atoms with Crippen LogP contribution < -0.4 is 15.5 Å². The molecule has 3 aromatic rings. The Labute approximate surface area is 179 Å². The molecule has 2 heterocycles. The number of carbonyl (C=O) groups is 2. The van der Waals surface area contributed by atoms with Crippen molar-refractivity contribution in [3.63, 3.8) is 0 Å². The van der Waals surface area contributed by atoms with E-state index >= 15 is 0 Å². The maximum Gasteiger partial charge on any atom is 0.313 e. The Balaban J connectivity index is 1.47. The van der Waals surface area contributed by atoms with Crippen molar-refractivity contribution in [2.45, 2.75) is 12.5 Å². The van der Waals surface area contributed by atoms with Crippen molar-refractivity contribution in [3.05, 3.63) is 89.2 Å². The molecular formula is C23H21ClN4O2. The summed E-state index contributed by atoms with van der Waals surface area (Å²) in [5, 5.41) is 5.91. The highest BCUT2D eigenvalue weighted by Gasteiger charge is 2.28. The monoisotopic (exact) mass is 420 g/mol. The lowest BCUT2D eigenvalue weighted by molar-refractivity contribution is -0.136. The largest absolute Gasteiger partial charge is 0.362 e. The lowest BCUT2D eigenvalue weighted by atomic mass is 10.1. The summed E-state index contributed by atoms with van der Waals surface area (Å²) >= 11 is 5.85. The van der Waals surface area contributed by atoms with Gasteiger partial charge < -0.3 is 15.5 Å². The van der Waals surface area contributed by atoms with E-state index in [1.54, 1.807) is 36.7 Å².